The summed E-state index contributed by atoms with van der Waals surface area (Å²) in [5, 5.41) is 11.8. The summed E-state index contributed by atoms with van der Waals surface area (Å²) in [5.41, 5.74) is 1.25. The highest BCUT2D eigenvalue weighted by atomic mass is 16.4. The maximum Gasteiger partial charge on any atom is 0.311 e. The molecule has 1 aliphatic heterocycles. The van der Waals surface area contributed by atoms with Crippen LogP contribution in [0.2, 0.25) is 0 Å². The maximum absolute atomic E-state index is 12.4. The molecule has 0 aromatic heterocycles. The fourth-order valence-electron chi connectivity index (χ4n) is 2.65. The maximum atomic E-state index is 12.4. The van der Waals surface area contributed by atoms with Crippen LogP contribution in [0.15, 0.2) is 24.3 Å². The first kappa shape index (κ1) is 15.0. The van der Waals surface area contributed by atoms with Crippen LogP contribution in [-0.2, 0) is 14.4 Å². The topological polar surface area (TPSA) is 86.7 Å². The van der Waals surface area contributed by atoms with Gasteiger partial charge >= 0.3 is 5.97 Å². The van der Waals surface area contributed by atoms with Gasteiger partial charge in [0, 0.05) is 19.2 Å². The Balaban J connectivity index is 2.30. The second-order valence-electron chi connectivity index (χ2n) is 5.15. The lowest BCUT2D eigenvalue weighted by atomic mass is 9.89. The van der Waals surface area contributed by atoms with E-state index in [0.29, 0.717) is 24.2 Å². The van der Waals surface area contributed by atoms with Crippen LogP contribution in [0, 0.1) is 0 Å². The predicted octanol–water partition coefficient (Wildman–Crippen LogP) is 1.12. The Morgan fingerprint density at radius 1 is 1.33 bits per heavy atom. The van der Waals surface area contributed by atoms with E-state index in [0.717, 1.165) is 0 Å². The van der Waals surface area contributed by atoms with Crippen molar-refractivity contribution in [1.82, 2.24) is 5.32 Å². The monoisotopic (exact) mass is 290 g/mol. The number of hydrogen-bond donors (Lipinski definition) is 2. The van der Waals surface area contributed by atoms with Crippen molar-refractivity contribution < 1.29 is 19.5 Å². The molecule has 0 aliphatic carbocycles. The minimum atomic E-state index is -0.885. The molecule has 1 heterocycles. The molecular weight excluding hydrogens is 272 g/mol. The first-order valence-electron chi connectivity index (χ1n) is 6.82. The van der Waals surface area contributed by atoms with Crippen LogP contribution in [0.5, 0.6) is 0 Å². The summed E-state index contributed by atoms with van der Waals surface area (Å²) < 4.78 is 0. The first-order chi connectivity index (χ1) is 9.91. The number of para-hydroxylation sites is 1. The standard InChI is InChI=1S/C15H18N2O4/c1-9(16-10(2)18)14(19)17-8-7-12(15(20)21)11-5-3-4-6-13(11)17/h3-6,9,12H,7-8H2,1-2H3,(H,16,18)(H,20,21). The third-order valence-corrected chi connectivity index (χ3v) is 3.60. The Kier molecular flexibility index (Phi) is 4.26. The molecule has 0 radical (unpaired) electrons. The molecule has 6 nitrogen and oxygen atoms in total. The Bertz CT molecular complexity index is 585. The Morgan fingerprint density at radius 3 is 2.62 bits per heavy atom. The zero-order valence-electron chi connectivity index (χ0n) is 12.0. The van der Waals surface area contributed by atoms with E-state index in [4.69, 9.17) is 0 Å². The predicted molar refractivity (Wildman–Crippen MR) is 77.1 cm³/mol. The molecule has 1 aromatic rings. The third kappa shape index (κ3) is 3.04. The molecule has 2 N–H and O–H groups in total. The first-order valence-corrected chi connectivity index (χ1v) is 6.82. The van der Waals surface area contributed by atoms with E-state index in [9.17, 15) is 19.5 Å². The quantitative estimate of drug-likeness (QED) is 0.873. The van der Waals surface area contributed by atoms with Crippen LogP contribution in [-0.4, -0.2) is 35.5 Å². The summed E-state index contributed by atoms with van der Waals surface area (Å²) >= 11 is 0. The molecule has 112 valence electrons. The number of carbonyl (C=O) groups excluding carboxylic acids is 2. The van der Waals surface area contributed by atoms with Crippen LogP contribution in [0.3, 0.4) is 0 Å². The largest absolute Gasteiger partial charge is 0.481 e. The van der Waals surface area contributed by atoms with Crippen LogP contribution < -0.4 is 10.2 Å². The Morgan fingerprint density at radius 2 is 2.00 bits per heavy atom. The van der Waals surface area contributed by atoms with Gasteiger partial charge in [0.05, 0.1) is 5.92 Å². The van der Waals surface area contributed by atoms with Gasteiger partial charge in [0.25, 0.3) is 0 Å². The van der Waals surface area contributed by atoms with Gasteiger partial charge in [0.1, 0.15) is 6.04 Å². The second-order valence-corrected chi connectivity index (χ2v) is 5.15. The lowest BCUT2D eigenvalue weighted by molar-refractivity contribution is -0.139. The number of carboxylic acids is 1. The van der Waals surface area contributed by atoms with Gasteiger partial charge in [-0.3, -0.25) is 14.4 Å². The van der Waals surface area contributed by atoms with Crippen LogP contribution in [0.1, 0.15) is 31.7 Å². The summed E-state index contributed by atoms with van der Waals surface area (Å²) in [6.45, 7) is 3.31. The molecule has 0 saturated heterocycles. The summed E-state index contributed by atoms with van der Waals surface area (Å²) in [6, 6.07) is 6.36. The number of carboxylic acid groups (broad SMARTS) is 1. The minimum Gasteiger partial charge on any atom is -0.481 e. The van der Waals surface area contributed by atoms with Gasteiger partial charge in [0.15, 0.2) is 0 Å². The number of amides is 2. The zero-order chi connectivity index (χ0) is 15.6. The van der Waals surface area contributed by atoms with E-state index >= 15 is 0 Å². The fraction of sp³-hybridized carbons (Fsp3) is 0.400. The van der Waals surface area contributed by atoms with Crippen molar-refractivity contribution in [3.05, 3.63) is 29.8 Å². The van der Waals surface area contributed by atoms with E-state index in [1.54, 1.807) is 36.1 Å². The molecule has 0 spiro atoms. The van der Waals surface area contributed by atoms with E-state index < -0.39 is 17.9 Å². The number of fused-ring (bicyclic) bond motifs is 1. The lowest BCUT2D eigenvalue weighted by Crippen LogP contribution is -2.48. The highest BCUT2D eigenvalue weighted by Crippen LogP contribution is 2.35. The molecule has 2 amide bonds. The van der Waals surface area contributed by atoms with Crippen molar-refractivity contribution in [3.63, 3.8) is 0 Å². The van der Waals surface area contributed by atoms with Gasteiger partial charge in [-0.15, -0.1) is 0 Å². The molecular formula is C15H18N2O4. The molecule has 0 saturated carbocycles. The van der Waals surface area contributed by atoms with E-state index in [2.05, 4.69) is 5.32 Å². The number of nitrogens with one attached hydrogen (secondary N) is 1. The summed E-state index contributed by atoms with van der Waals surface area (Å²) in [7, 11) is 0. The van der Waals surface area contributed by atoms with Gasteiger partial charge in [-0.1, -0.05) is 18.2 Å². The van der Waals surface area contributed by atoms with E-state index in [-0.39, 0.29) is 11.8 Å². The van der Waals surface area contributed by atoms with Gasteiger partial charge < -0.3 is 15.3 Å². The van der Waals surface area contributed by atoms with Crippen molar-refractivity contribution >= 4 is 23.5 Å². The van der Waals surface area contributed by atoms with Crippen molar-refractivity contribution in [2.75, 3.05) is 11.4 Å². The molecule has 0 bridgehead atoms. The molecule has 0 fully saturated rings. The summed E-state index contributed by atoms with van der Waals surface area (Å²) in [4.78, 5) is 36.4. The smallest absolute Gasteiger partial charge is 0.311 e. The lowest BCUT2D eigenvalue weighted by Gasteiger charge is -2.34. The van der Waals surface area contributed by atoms with Crippen molar-refractivity contribution in [2.24, 2.45) is 0 Å². The number of rotatable bonds is 3. The van der Waals surface area contributed by atoms with Gasteiger partial charge in [0.2, 0.25) is 11.8 Å². The third-order valence-electron chi connectivity index (χ3n) is 3.60. The van der Waals surface area contributed by atoms with E-state index in [1.165, 1.54) is 6.92 Å². The Hall–Kier alpha value is -2.37. The van der Waals surface area contributed by atoms with Crippen LogP contribution in [0.25, 0.3) is 0 Å². The SMILES string of the molecule is CC(=O)NC(C)C(=O)N1CCC(C(=O)O)c2ccccc21. The normalized spacial score (nSPS) is 18.6. The molecule has 21 heavy (non-hydrogen) atoms. The van der Waals surface area contributed by atoms with Crippen molar-refractivity contribution in [1.29, 1.82) is 0 Å². The molecule has 2 unspecified atom stereocenters. The molecule has 1 aliphatic rings. The number of anilines is 1. The highest BCUT2D eigenvalue weighted by molar-refractivity contribution is 6.00. The van der Waals surface area contributed by atoms with Gasteiger partial charge in [-0.25, -0.2) is 0 Å². The summed E-state index contributed by atoms with van der Waals surface area (Å²) in [6.07, 6.45) is 0.366. The number of nitrogens with zero attached hydrogens (tertiary/aromatic N) is 1. The van der Waals surface area contributed by atoms with Crippen LogP contribution >= 0.6 is 0 Å². The van der Waals surface area contributed by atoms with E-state index in [1.807, 2.05) is 0 Å². The molecule has 2 rings (SSSR count). The number of aliphatic carboxylic acids is 1. The second kappa shape index (κ2) is 5.95. The van der Waals surface area contributed by atoms with Gasteiger partial charge in [-0.05, 0) is 25.0 Å². The number of benzene rings is 1. The minimum absolute atomic E-state index is 0.235. The number of carbonyl (C=O) groups is 3. The molecule has 6 heteroatoms. The highest BCUT2D eigenvalue weighted by Gasteiger charge is 2.33. The van der Waals surface area contributed by atoms with Crippen molar-refractivity contribution in [3.8, 4) is 0 Å². The molecule has 2 atom stereocenters. The fourth-order valence-corrected chi connectivity index (χ4v) is 2.65. The van der Waals surface area contributed by atoms with Crippen molar-refractivity contribution in [2.45, 2.75) is 32.2 Å². The average Bonchev–Trinajstić information content (AvgIpc) is 2.44. The van der Waals surface area contributed by atoms with Gasteiger partial charge in [-0.2, -0.15) is 0 Å². The van der Waals surface area contributed by atoms with Crippen LogP contribution in [0.4, 0.5) is 5.69 Å². The summed E-state index contributed by atoms with van der Waals surface area (Å²) in [5.74, 6) is -1.99. The average molecular weight is 290 g/mol. The number of hydrogen-bond acceptors (Lipinski definition) is 3. The molecule has 1 aromatic carbocycles. The zero-order valence-corrected chi connectivity index (χ0v) is 12.0. The Labute approximate surface area is 122 Å².